The van der Waals surface area contributed by atoms with Crippen molar-refractivity contribution in [3.05, 3.63) is 12.7 Å². The molecule has 0 aliphatic carbocycles. The Morgan fingerprint density at radius 3 is 2.29 bits per heavy atom. The maximum atomic E-state index is 10.3. The number of methoxy groups -OCH3 is 1. The maximum Gasteiger partial charge on any atom is 0.365 e. The Balaban J connectivity index is 0. The van der Waals surface area contributed by atoms with Crippen LogP contribution in [0.25, 0.3) is 0 Å². The van der Waals surface area contributed by atoms with E-state index in [1.807, 2.05) is 0 Å². The van der Waals surface area contributed by atoms with Crippen LogP contribution < -0.4 is 0 Å². The van der Waals surface area contributed by atoms with Gasteiger partial charge in [-0.2, -0.15) is 4.89 Å². The summed E-state index contributed by atoms with van der Waals surface area (Å²) in [6.07, 6.45) is 0.450. The molecule has 0 aliphatic rings. The molecule has 0 fully saturated rings. The molecule has 0 rings (SSSR count). The van der Waals surface area contributed by atoms with E-state index in [9.17, 15) is 4.79 Å². The number of carbonyl (C=O) groups is 1. The summed E-state index contributed by atoms with van der Waals surface area (Å²) in [5.74, 6) is -0.635. The number of aliphatic hydroxyl groups is 2. The summed E-state index contributed by atoms with van der Waals surface area (Å²) in [6.45, 7) is 4.51. The van der Waals surface area contributed by atoms with Crippen molar-refractivity contribution in [2.24, 2.45) is 0 Å². The van der Waals surface area contributed by atoms with Crippen molar-refractivity contribution >= 4 is 5.97 Å². The van der Waals surface area contributed by atoms with Crippen LogP contribution in [0, 0.1) is 0 Å². The summed E-state index contributed by atoms with van der Waals surface area (Å²) >= 11 is 0. The van der Waals surface area contributed by atoms with Crippen LogP contribution in [-0.4, -0.2) is 42.8 Å². The lowest BCUT2D eigenvalue weighted by Crippen LogP contribution is -2.13. The largest absolute Gasteiger partial charge is 0.394 e. The Labute approximate surface area is 82.6 Å². The second kappa shape index (κ2) is 12.0. The molecule has 6 heteroatoms. The number of hydrogen-bond acceptors (Lipinski definition) is 6. The molecular formula is C8H16O6. The van der Waals surface area contributed by atoms with Gasteiger partial charge in [-0.1, -0.05) is 6.58 Å². The van der Waals surface area contributed by atoms with Crippen LogP contribution in [0.2, 0.25) is 0 Å². The third kappa shape index (κ3) is 13.6. The second-order valence-electron chi connectivity index (χ2n) is 1.95. The van der Waals surface area contributed by atoms with E-state index in [0.717, 1.165) is 6.08 Å². The van der Waals surface area contributed by atoms with E-state index in [1.54, 1.807) is 6.92 Å². The fraction of sp³-hybridized carbons (Fsp3) is 0.625. The highest BCUT2D eigenvalue weighted by atomic mass is 17.2. The molecule has 1 atom stereocenters. The predicted molar refractivity (Wildman–Crippen MR) is 48.0 cm³/mol. The standard InChI is InChI=1S/C6H10O4.C2H6O2/c1-4-6(7)10-9-5(2)8-3;3-1-2-4/h4-5H,1H2,2-3H3;3-4H,1-2H2. The van der Waals surface area contributed by atoms with Crippen molar-refractivity contribution in [2.45, 2.75) is 13.2 Å². The molecule has 84 valence electrons. The van der Waals surface area contributed by atoms with Crippen LogP contribution in [0.5, 0.6) is 0 Å². The van der Waals surface area contributed by atoms with Crippen LogP contribution >= 0.6 is 0 Å². The highest BCUT2D eigenvalue weighted by molar-refractivity contribution is 5.80. The highest BCUT2D eigenvalue weighted by Crippen LogP contribution is 1.91. The molecule has 1 unspecified atom stereocenters. The highest BCUT2D eigenvalue weighted by Gasteiger charge is 2.02. The van der Waals surface area contributed by atoms with Crippen LogP contribution in [-0.2, 0) is 19.3 Å². The first-order chi connectivity index (χ1) is 6.62. The van der Waals surface area contributed by atoms with Crippen LogP contribution in [0.3, 0.4) is 0 Å². The molecule has 6 nitrogen and oxygen atoms in total. The molecule has 0 aliphatic heterocycles. The minimum absolute atomic E-state index is 0.125. The summed E-state index contributed by atoms with van der Waals surface area (Å²) in [5.41, 5.74) is 0. The van der Waals surface area contributed by atoms with E-state index in [1.165, 1.54) is 7.11 Å². The number of aliphatic hydroxyl groups excluding tert-OH is 2. The zero-order valence-corrected chi connectivity index (χ0v) is 8.30. The average molecular weight is 208 g/mol. The lowest BCUT2D eigenvalue weighted by Gasteiger charge is -2.06. The van der Waals surface area contributed by atoms with Crippen molar-refractivity contribution < 1.29 is 29.5 Å². The summed E-state index contributed by atoms with van der Waals surface area (Å²) in [5, 5.41) is 15.2. The summed E-state index contributed by atoms with van der Waals surface area (Å²) in [6, 6.07) is 0. The second-order valence-corrected chi connectivity index (χ2v) is 1.95. The molecule has 0 radical (unpaired) electrons. The van der Waals surface area contributed by atoms with E-state index in [0.29, 0.717) is 0 Å². The van der Waals surface area contributed by atoms with E-state index < -0.39 is 12.3 Å². The van der Waals surface area contributed by atoms with Crippen LogP contribution in [0.4, 0.5) is 0 Å². The maximum absolute atomic E-state index is 10.3. The molecule has 2 N–H and O–H groups in total. The van der Waals surface area contributed by atoms with E-state index in [-0.39, 0.29) is 13.2 Å². The van der Waals surface area contributed by atoms with E-state index in [4.69, 9.17) is 10.2 Å². The molecule has 0 saturated carbocycles. The summed E-state index contributed by atoms with van der Waals surface area (Å²) in [4.78, 5) is 18.9. The van der Waals surface area contributed by atoms with Crippen LogP contribution in [0.1, 0.15) is 6.92 Å². The molecule has 0 saturated heterocycles. The smallest absolute Gasteiger partial charge is 0.365 e. The van der Waals surface area contributed by atoms with Crippen molar-refractivity contribution in [2.75, 3.05) is 20.3 Å². The quantitative estimate of drug-likeness (QED) is 0.277. The van der Waals surface area contributed by atoms with Gasteiger partial charge in [0.2, 0.25) is 0 Å². The number of carbonyl (C=O) groups excluding carboxylic acids is 1. The number of hydrogen-bond donors (Lipinski definition) is 2. The monoisotopic (exact) mass is 208 g/mol. The fourth-order valence-corrected chi connectivity index (χ4v) is 0.188. The predicted octanol–water partition coefficient (Wildman–Crippen LogP) is -0.389. The molecule has 0 spiro atoms. The first-order valence-corrected chi connectivity index (χ1v) is 3.86. The minimum Gasteiger partial charge on any atom is -0.394 e. The Hall–Kier alpha value is -0.950. The number of ether oxygens (including phenoxy) is 1. The van der Waals surface area contributed by atoms with Gasteiger partial charge in [0.1, 0.15) is 0 Å². The first-order valence-electron chi connectivity index (χ1n) is 3.86. The van der Waals surface area contributed by atoms with Gasteiger partial charge in [0.05, 0.1) is 13.2 Å². The number of rotatable bonds is 5. The molecular weight excluding hydrogens is 192 g/mol. The summed E-state index contributed by atoms with van der Waals surface area (Å²) < 4.78 is 4.61. The average Bonchev–Trinajstić information content (AvgIpc) is 2.25. The fourth-order valence-electron chi connectivity index (χ4n) is 0.188. The van der Waals surface area contributed by atoms with Crippen molar-refractivity contribution in [1.82, 2.24) is 0 Å². The molecule has 0 aromatic carbocycles. The molecule has 0 aromatic rings. The normalized spacial score (nSPS) is 10.9. The molecule has 0 aromatic heterocycles. The van der Waals surface area contributed by atoms with Crippen molar-refractivity contribution in [3.63, 3.8) is 0 Å². The SMILES string of the molecule is C=CC(=O)OOC(C)OC.OCCO. The van der Waals surface area contributed by atoms with E-state index in [2.05, 4.69) is 21.1 Å². The lowest BCUT2D eigenvalue weighted by atomic mass is 10.7. The van der Waals surface area contributed by atoms with Gasteiger partial charge in [0.15, 0.2) is 6.29 Å². The van der Waals surface area contributed by atoms with Gasteiger partial charge in [-0.15, -0.1) is 0 Å². The van der Waals surface area contributed by atoms with Gasteiger partial charge in [0, 0.05) is 13.2 Å². The van der Waals surface area contributed by atoms with E-state index >= 15 is 0 Å². The Kier molecular flexibility index (Phi) is 13.4. The van der Waals surface area contributed by atoms with Gasteiger partial charge in [-0.05, 0) is 6.92 Å². The van der Waals surface area contributed by atoms with Crippen molar-refractivity contribution in [3.8, 4) is 0 Å². The van der Waals surface area contributed by atoms with Gasteiger partial charge in [-0.25, -0.2) is 4.79 Å². The van der Waals surface area contributed by atoms with Gasteiger partial charge >= 0.3 is 5.97 Å². The van der Waals surface area contributed by atoms with Gasteiger partial charge in [-0.3, -0.25) is 4.89 Å². The summed E-state index contributed by atoms with van der Waals surface area (Å²) in [7, 11) is 1.44. The third-order valence-electron chi connectivity index (χ3n) is 0.864. The Morgan fingerprint density at radius 2 is 2.00 bits per heavy atom. The molecule has 0 bridgehead atoms. The van der Waals surface area contributed by atoms with Gasteiger partial charge < -0.3 is 14.9 Å². The Morgan fingerprint density at radius 1 is 1.50 bits per heavy atom. The van der Waals surface area contributed by atoms with Crippen molar-refractivity contribution in [1.29, 1.82) is 0 Å². The lowest BCUT2D eigenvalue weighted by molar-refractivity contribution is -0.339. The Bertz CT molecular complexity index is 145. The van der Waals surface area contributed by atoms with Gasteiger partial charge in [0.25, 0.3) is 0 Å². The first kappa shape index (κ1) is 15.5. The molecule has 14 heavy (non-hydrogen) atoms. The zero-order valence-electron chi connectivity index (χ0n) is 8.30. The third-order valence-corrected chi connectivity index (χ3v) is 0.864. The minimum atomic E-state index is -0.635. The van der Waals surface area contributed by atoms with Crippen LogP contribution in [0.15, 0.2) is 12.7 Å². The molecule has 0 heterocycles. The zero-order chi connectivity index (χ0) is 11.4. The topological polar surface area (TPSA) is 85.2 Å². The molecule has 0 amide bonds.